The number of carboxylic acid groups (broad SMARTS) is 1. The van der Waals surface area contributed by atoms with Crippen LogP contribution in [0, 0.1) is 5.41 Å². The Bertz CT molecular complexity index is 135. The van der Waals surface area contributed by atoms with Crippen LogP contribution < -0.4 is 0 Å². The minimum absolute atomic E-state index is 0.0505. The van der Waals surface area contributed by atoms with Crippen molar-refractivity contribution in [2.24, 2.45) is 5.41 Å². The summed E-state index contributed by atoms with van der Waals surface area (Å²) < 4.78 is 0. The third-order valence-electron chi connectivity index (χ3n) is 2.28. The molecular formula is C7H12O2S. The molecule has 0 aromatic carbocycles. The van der Waals surface area contributed by atoms with Crippen molar-refractivity contribution >= 4 is 18.6 Å². The van der Waals surface area contributed by atoms with Gasteiger partial charge in [-0.25, -0.2) is 0 Å². The molecule has 0 aromatic rings. The Morgan fingerprint density at radius 3 is 2.30 bits per heavy atom. The molecule has 1 rings (SSSR count). The molecule has 1 saturated carbocycles. The average Bonchev–Trinajstić information content (AvgIpc) is 1.78. The van der Waals surface area contributed by atoms with Gasteiger partial charge in [0.1, 0.15) is 0 Å². The summed E-state index contributed by atoms with van der Waals surface area (Å²) in [5.74, 6) is 0.0352. The van der Waals surface area contributed by atoms with Crippen LogP contribution in [0.5, 0.6) is 0 Å². The fraction of sp³-hybridized carbons (Fsp3) is 0.857. The van der Waals surface area contributed by atoms with Gasteiger partial charge in [0.15, 0.2) is 0 Å². The van der Waals surface area contributed by atoms with Crippen molar-refractivity contribution in [2.75, 3.05) is 5.75 Å². The van der Waals surface area contributed by atoms with Crippen molar-refractivity contribution in [2.45, 2.75) is 25.7 Å². The lowest BCUT2D eigenvalue weighted by Crippen LogP contribution is -2.33. The van der Waals surface area contributed by atoms with Crippen LogP contribution in [0.15, 0.2) is 0 Å². The number of aliphatic carboxylic acids is 1. The van der Waals surface area contributed by atoms with E-state index in [1.807, 2.05) is 0 Å². The van der Waals surface area contributed by atoms with E-state index in [4.69, 9.17) is 5.11 Å². The van der Waals surface area contributed by atoms with Gasteiger partial charge in [0, 0.05) is 0 Å². The molecular weight excluding hydrogens is 148 g/mol. The maximum Gasteiger partial charge on any atom is 0.303 e. The molecule has 10 heavy (non-hydrogen) atoms. The lowest BCUT2D eigenvalue weighted by molar-refractivity contribution is -0.140. The van der Waals surface area contributed by atoms with Gasteiger partial charge in [-0.05, 0) is 24.0 Å². The molecule has 1 fully saturated rings. The first-order valence-corrected chi connectivity index (χ1v) is 4.14. The SMILES string of the molecule is O=C(O)CC1(CS)CCC1. The standard InChI is InChI=1S/C7H12O2S/c8-6(9)4-7(5-10)2-1-3-7/h10H,1-5H2,(H,8,9). The molecule has 58 valence electrons. The van der Waals surface area contributed by atoms with Gasteiger partial charge in [-0.15, -0.1) is 0 Å². The molecule has 0 saturated heterocycles. The van der Waals surface area contributed by atoms with Crippen LogP contribution in [0.1, 0.15) is 25.7 Å². The van der Waals surface area contributed by atoms with Gasteiger partial charge in [0.25, 0.3) is 0 Å². The zero-order valence-corrected chi connectivity index (χ0v) is 6.73. The fourth-order valence-corrected chi connectivity index (χ4v) is 1.82. The Kier molecular flexibility index (Phi) is 2.24. The number of carboxylic acids is 1. The van der Waals surface area contributed by atoms with Gasteiger partial charge < -0.3 is 5.11 Å². The molecule has 0 spiro atoms. The lowest BCUT2D eigenvalue weighted by atomic mass is 9.68. The van der Waals surface area contributed by atoms with Gasteiger partial charge >= 0.3 is 5.97 Å². The van der Waals surface area contributed by atoms with Crippen molar-refractivity contribution in [3.05, 3.63) is 0 Å². The van der Waals surface area contributed by atoms with Crippen molar-refractivity contribution in [3.63, 3.8) is 0 Å². The highest BCUT2D eigenvalue weighted by Crippen LogP contribution is 2.44. The van der Waals surface area contributed by atoms with Crippen LogP contribution in [-0.4, -0.2) is 16.8 Å². The van der Waals surface area contributed by atoms with Crippen LogP contribution in [0.4, 0.5) is 0 Å². The van der Waals surface area contributed by atoms with E-state index in [0.29, 0.717) is 6.42 Å². The molecule has 0 amide bonds. The predicted octanol–water partition coefficient (Wildman–Crippen LogP) is 1.56. The molecule has 0 radical (unpaired) electrons. The highest BCUT2D eigenvalue weighted by atomic mass is 32.1. The van der Waals surface area contributed by atoms with Crippen molar-refractivity contribution < 1.29 is 9.90 Å². The van der Waals surface area contributed by atoms with Gasteiger partial charge in [0.05, 0.1) is 6.42 Å². The second kappa shape index (κ2) is 2.82. The minimum Gasteiger partial charge on any atom is -0.481 e. The van der Waals surface area contributed by atoms with Gasteiger partial charge in [-0.1, -0.05) is 6.42 Å². The Morgan fingerprint density at radius 1 is 1.60 bits per heavy atom. The number of carbonyl (C=O) groups is 1. The molecule has 0 atom stereocenters. The number of rotatable bonds is 3. The summed E-state index contributed by atoms with van der Waals surface area (Å²) in [6, 6.07) is 0. The maximum atomic E-state index is 10.3. The van der Waals surface area contributed by atoms with E-state index in [1.165, 1.54) is 6.42 Å². The van der Waals surface area contributed by atoms with E-state index in [1.54, 1.807) is 0 Å². The van der Waals surface area contributed by atoms with Crippen molar-refractivity contribution in [1.82, 2.24) is 0 Å². The smallest absolute Gasteiger partial charge is 0.303 e. The molecule has 1 aliphatic carbocycles. The quantitative estimate of drug-likeness (QED) is 0.615. The van der Waals surface area contributed by atoms with Crippen LogP contribution >= 0.6 is 12.6 Å². The molecule has 0 unspecified atom stereocenters. The van der Waals surface area contributed by atoms with Crippen LogP contribution in [0.3, 0.4) is 0 Å². The van der Waals surface area contributed by atoms with Gasteiger partial charge in [-0.2, -0.15) is 12.6 Å². The van der Waals surface area contributed by atoms with Crippen LogP contribution in [0.25, 0.3) is 0 Å². The molecule has 0 aromatic heterocycles. The molecule has 3 heteroatoms. The maximum absolute atomic E-state index is 10.3. The zero-order valence-electron chi connectivity index (χ0n) is 5.84. The Balaban J connectivity index is 2.40. The highest BCUT2D eigenvalue weighted by molar-refractivity contribution is 7.80. The summed E-state index contributed by atoms with van der Waals surface area (Å²) in [6.45, 7) is 0. The fourth-order valence-electron chi connectivity index (χ4n) is 1.39. The highest BCUT2D eigenvalue weighted by Gasteiger charge is 2.37. The van der Waals surface area contributed by atoms with E-state index in [0.717, 1.165) is 18.6 Å². The molecule has 0 aliphatic heterocycles. The first-order valence-electron chi connectivity index (χ1n) is 3.51. The third kappa shape index (κ3) is 1.45. The number of thiol groups is 1. The first kappa shape index (κ1) is 7.92. The van der Waals surface area contributed by atoms with Crippen LogP contribution in [0.2, 0.25) is 0 Å². The van der Waals surface area contributed by atoms with Crippen LogP contribution in [-0.2, 0) is 4.79 Å². The first-order chi connectivity index (χ1) is 4.68. The van der Waals surface area contributed by atoms with Gasteiger partial charge in [0.2, 0.25) is 0 Å². The van der Waals surface area contributed by atoms with Crippen molar-refractivity contribution in [3.8, 4) is 0 Å². The van der Waals surface area contributed by atoms with E-state index >= 15 is 0 Å². The minimum atomic E-state index is -0.686. The molecule has 1 N–H and O–H groups in total. The van der Waals surface area contributed by atoms with E-state index in [-0.39, 0.29) is 5.41 Å². The van der Waals surface area contributed by atoms with Crippen molar-refractivity contribution in [1.29, 1.82) is 0 Å². The predicted molar refractivity (Wildman–Crippen MR) is 42.4 cm³/mol. The Labute approximate surface area is 66.0 Å². The second-order valence-corrected chi connectivity index (χ2v) is 3.40. The second-order valence-electron chi connectivity index (χ2n) is 3.08. The van der Waals surface area contributed by atoms with E-state index in [2.05, 4.69) is 12.6 Å². The lowest BCUT2D eigenvalue weighted by Gasteiger charge is -2.39. The number of hydrogen-bond acceptors (Lipinski definition) is 2. The molecule has 0 heterocycles. The van der Waals surface area contributed by atoms with E-state index in [9.17, 15) is 4.79 Å². The summed E-state index contributed by atoms with van der Waals surface area (Å²) in [5, 5.41) is 8.51. The summed E-state index contributed by atoms with van der Waals surface area (Å²) in [7, 11) is 0. The normalized spacial score (nSPS) is 21.7. The summed E-state index contributed by atoms with van der Waals surface area (Å²) in [5.41, 5.74) is 0.0505. The third-order valence-corrected chi connectivity index (χ3v) is 2.95. The zero-order chi connectivity index (χ0) is 7.61. The largest absolute Gasteiger partial charge is 0.481 e. The average molecular weight is 160 g/mol. The molecule has 1 aliphatic rings. The summed E-state index contributed by atoms with van der Waals surface area (Å²) in [6.07, 6.45) is 3.57. The van der Waals surface area contributed by atoms with Gasteiger partial charge in [-0.3, -0.25) is 4.79 Å². The summed E-state index contributed by atoms with van der Waals surface area (Å²) in [4.78, 5) is 10.3. The Morgan fingerprint density at radius 2 is 2.20 bits per heavy atom. The van der Waals surface area contributed by atoms with E-state index < -0.39 is 5.97 Å². The summed E-state index contributed by atoms with van der Waals surface area (Å²) >= 11 is 4.14. The number of hydrogen-bond donors (Lipinski definition) is 2. The monoisotopic (exact) mass is 160 g/mol. The molecule has 2 nitrogen and oxygen atoms in total. The molecule has 0 bridgehead atoms. The topological polar surface area (TPSA) is 37.3 Å². The Hall–Kier alpha value is -0.180.